The van der Waals surface area contributed by atoms with E-state index in [0.29, 0.717) is 6.04 Å². The van der Waals surface area contributed by atoms with Crippen molar-refractivity contribution in [2.45, 2.75) is 58.0 Å². The highest BCUT2D eigenvalue weighted by Crippen LogP contribution is 2.25. The predicted octanol–water partition coefficient (Wildman–Crippen LogP) is 2.37. The molecule has 2 nitrogen and oxygen atoms in total. The zero-order valence-electron chi connectivity index (χ0n) is 9.61. The Labute approximate surface area is 83.2 Å². The van der Waals surface area contributed by atoms with E-state index in [1.54, 1.807) is 0 Å². The molecule has 1 fully saturated rings. The fourth-order valence-corrected chi connectivity index (χ4v) is 3.86. The molecule has 0 amide bonds. The highest BCUT2D eigenvalue weighted by molar-refractivity contribution is 6.69. The van der Waals surface area contributed by atoms with Crippen LogP contribution in [-0.4, -0.2) is 26.5 Å². The summed E-state index contributed by atoms with van der Waals surface area (Å²) < 4.78 is 6.19. The average molecular weight is 201 g/mol. The Hall–Kier alpha value is 0.137. The molecule has 0 aromatic carbocycles. The van der Waals surface area contributed by atoms with Crippen LogP contribution in [0.2, 0.25) is 19.6 Å². The first-order valence-electron chi connectivity index (χ1n) is 5.25. The van der Waals surface area contributed by atoms with Gasteiger partial charge in [-0.15, -0.1) is 0 Å². The first-order valence-corrected chi connectivity index (χ1v) is 8.66. The summed E-state index contributed by atoms with van der Waals surface area (Å²) in [5, 5.41) is 3.52. The number of hydrogen-bond acceptors (Lipinski definition) is 2. The van der Waals surface area contributed by atoms with Gasteiger partial charge in [0, 0.05) is 6.04 Å². The lowest BCUT2D eigenvalue weighted by atomic mass is 9.98. The van der Waals surface area contributed by atoms with Gasteiger partial charge in [0.05, 0.1) is 5.60 Å². The van der Waals surface area contributed by atoms with Gasteiger partial charge in [-0.3, -0.25) is 0 Å². The van der Waals surface area contributed by atoms with Crippen LogP contribution in [0.4, 0.5) is 0 Å². The predicted molar refractivity (Wildman–Crippen MR) is 59.5 cm³/mol. The Kier molecular flexibility index (Phi) is 3.20. The maximum atomic E-state index is 6.19. The van der Waals surface area contributed by atoms with E-state index in [1.807, 2.05) is 0 Å². The van der Waals surface area contributed by atoms with Crippen LogP contribution in [0.5, 0.6) is 0 Å². The van der Waals surface area contributed by atoms with Gasteiger partial charge in [-0.1, -0.05) is 0 Å². The Morgan fingerprint density at radius 1 is 1.31 bits per heavy atom. The van der Waals surface area contributed by atoms with E-state index in [0.717, 1.165) is 6.54 Å². The van der Waals surface area contributed by atoms with Crippen molar-refractivity contribution in [1.82, 2.24) is 5.32 Å². The fourth-order valence-electron chi connectivity index (χ4n) is 2.14. The largest absolute Gasteiger partial charge is 0.411 e. The molecule has 0 bridgehead atoms. The highest BCUT2D eigenvalue weighted by atomic mass is 28.4. The van der Waals surface area contributed by atoms with E-state index in [-0.39, 0.29) is 5.60 Å². The molecular formula is C10H23NOSi. The van der Waals surface area contributed by atoms with Crippen molar-refractivity contribution >= 4 is 8.32 Å². The molecule has 1 rings (SSSR count). The van der Waals surface area contributed by atoms with Crippen molar-refractivity contribution < 1.29 is 4.43 Å². The van der Waals surface area contributed by atoms with Crippen LogP contribution in [0, 0.1) is 0 Å². The van der Waals surface area contributed by atoms with Crippen molar-refractivity contribution in [3.63, 3.8) is 0 Å². The van der Waals surface area contributed by atoms with Crippen LogP contribution in [0.25, 0.3) is 0 Å². The second-order valence-corrected chi connectivity index (χ2v) is 9.90. The zero-order valence-corrected chi connectivity index (χ0v) is 10.6. The van der Waals surface area contributed by atoms with Crippen molar-refractivity contribution in [3.8, 4) is 0 Å². The third-order valence-electron chi connectivity index (χ3n) is 2.47. The third kappa shape index (κ3) is 3.41. The van der Waals surface area contributed by atoms with Crippen molar-refractivity contribution in [2.75, 3.05) is 6.54 Å². The highest BCUT2D eigenvalue weighted by Gasteiger charge is 2.35. The number of hydrogen-bond donors (Lipinski definition) is 1. The first-order chi connectivity index (χ1) is 5.81. The summed E-state index contributed by atoms with van der Waals surface area (Å²) in [5.74, 6) is 0. The quantitative estimate of drug-likeness (QED) is 0.708. The topological polar surface area (TPSA) is 21.3 Å². The molecule has 0 aromatic rings. The molecule has 3 heteroatoms. The molecule has 0 unspecified atom stereocenters. The van der Waals surface area contributed by atoms with E-state index >= 15 is 0 Å². The SMILES string of the molecule is CC(C)(O[Si](C)(C)C)[C@@H]1CCCN1. The van der Waals surface area contributed by atoms with E-state index in [9.17, 15) is 0 Å². The summed E-state index contributed by atoms with van der Waals surface area (Å²) in [6.45, 7) is 12.3. The van der Waals surface area contributed by atoms with Gasteiger partial charge in [0.15, 0.2) is 8.32 Å². The molecule has 1 heterocycles. The lowest BCUT2D eigenvalue weighted by Crippen LogP contribution is -2.50. The van der Waals surface area contributed by atoms with Crippen molar-refractivity contribution in [1.29, 1.82) is 0 Å². The van der Waals surface area contributed by atoms with Gasteiger partial charge in [0.1, 0.15) is 0 Å². The molecule has 0 aliphatic carbocycles. The summed E-state index contributed by atoms with van der Waals surface area (Å²) in [6.07, 6.45) is 2.56. The summed E-state index contributed by atoms with van der Waals surface area (Å²) in [4.78, 5) is 0. The normalized spacial score (nSPS) is 25.2. The smallest absolute Gasteiger partial charge is 0.184 e. The Morgan fingerprint density at radius 3 is 2.31 bits per heavy atom. The summed E-state index contributed by atoms with van der Waals surface area (Å²) in [7, 11) is -1.40. The van der Waals surface area contributed by atoms with E-state index in [2.05, 4.69) is 38.8 Å². The van der Waals surface area contributed by atoms with Crippen LogP contribution in [0.3, 0.4) is 0 Å². The van der Waals surface area contributed by atoms with Crippen LogP contribution in [0.15, 0.2) is 0 Å². The minimum absolute atomic E-state index is 0.0149. The minimum atomic E-state index is -1.40. The lowest BCUT2D eigenvalue weighted by Gasteiger charge is -2.37. The molecule has 1 aliphatic rings. The maximum absolute atomic E-state index is 6.19. The molecule has 13 heavy (non-hydrogen) atoms. The van der Waals surface area contributed by atoms with Gasteiger partial charge in [0.2, 0.25) is 0 Å². The average Bonchev–Trinajstić information content (AvgIpc) is 2.29. The van der Waals surface area contributed by atoms with Crippen molar-refractivity contribution in [3.05, 3.63) is 0 Å². The molecule has 0 aromatic heterocycles. The second-order valence-electron chi connectivity index (χ2n) is 5.47. The van der Waals surface area contributed by atoms with Crippen LogP contribution >= 0.6 is 0 Å². The van der Waals surface area contributed by atoms with Crippen LogP contribution in [0.1, 0.15) is 26.7 Å². The van der Waals surface area contributed by atoms with Gasteiger partial charge in [0.25, 0.3) is 0 Å². The van der Waals surface area contributed by atoms with Gasteiger partial charge in [-0.25, -0.2) is 0 Å². The van der Waals surface area contributed by atoms with Gasteiger partial charge < -0.3 is 9.74 Å². The molecule has 0 saturated carbocycles. The maximum Gasteiger partial charge on any atom is 0.184 e. The van der Waals surface area contributed by atoms with E-state index in [4.69, 9.17) is 4.43 Å². The number of nitrogens with one attached hydrogen (secondary N) is 1. The zero-order chi connectivity index (χ0) is 10.1. The van der Waals surface area contributed by atoms with Gasteiger partial charge in [-0.05, 0) is 52.9 Å². The molecule has 1 aliphatic heterocycles. The number of rotatable bonds is 3. The monoisotopic (exact) mass is 201 g/mol. The summed E-state index contributed by atoms with van der Waals surface area (Å²) >= 11 is 0. The molecule has 1 saturated heterocycles. The van der Waals surface area contributed by atoms with Gasteiger partial charge >= 0.3 is 0 Å². The second kappa shape index (κ2) is 3.71. The fraction of sp³-hybridized carbons (Fsp3) is 1.00. The Bertz CT molecular complexity index is 168. The molecular weight excluding hydrogens is 178 g/mol. The summed E-state index contributed by atoms with van der Waals surface area (Å²) in [5.41, 5.74) is 0.0149. The molecule has 1 N–H and O–H groups in total. The standard InChI is InChI=1S/C10H23NOSi/c1-10(2,12-13(3,4)5)9-7-6-8-11-9/h9,11H,6-8H2,1-5H3/t9-/m0/s1. The lowest BCUT2D eigenvalue weighted by molar-refractivity contribution is 0.0641. The third-order valence-corrected chi connectivity index (χ3v) is 3.61. The van der Waals surface area contributed by atoms with Crippen LogP contribution < -0.4 is 5.32 Å². The summed E-state index contributed by atoms with van der Waals surface area (Å²) in [6, 6.07) is 0.555. The molecule has 0 spiro atoms. The van der Waals surface area contributed by atoms with E-state index in [1.165, 1.54) is 12.8 Å². The van der Waals surface area contributed by atoms with Crippen molar-refractivity contribution in [2.24, 2.45) is 0 Å². The van der Waals surface area contributed by atoms with Crippen LogP contribution in [-0.2, 0) is 4.43 Å². The Morgan fingerprint density at radius 2 is 1.92 bits per heavy atom. The minimum Gasteiger partial charge on any atom is -0.411 e. The molecule has 1 atom stereocenters. The Balaban J connectivity index is 2.53. The van der Waals surface area contributed by atoms with Gasteiger partial charge in [-0.2, -0.15) is 0 Å². The molecule has 0 radical (unpaired) electrons. The first kappa shape index (κ1) is 11.2. The molecule has 78 valence electrons. The van der Waals surface area contributed by atoms with E-state index < -0.39 is 8.32 Å².